The number of aliphatic hydroxyl groups is 1. The van der Waals surface area contributed by atoms with Crippen molar-refractivity contribution in [2.75, 3.05) is 43.4 Å². The first kappa shape index (κ1) is 30.0. The smallest absolute Gasteiger partial charge is 0.394 e. The summed E-state index contributed by atoms with van der Waals surface area (Å²) < 4.78 is 62.6. The number of carbonyl (C=O) groups is 1. The van der Waals surface area contributed by atoms with Crippen LogP contribution < -0.4 is 10.2 Å². The Hall–Kier alpha value is -3.00. The van der Waals surface area contributed by atoms with E-state index in [2.05, 4.69) is 20.1 Å². The Morgan fingerprint density at radius 2 is 1.77 bits per heavy atom. The molecule has 0 bridgehead atoms. The van der Waals surface area contributed by atoms with Gasteiger partial charge in [-0.15, -0.1) is 0 Å². The molecule has 1 atom stereocenters. The van der Waals surface area contributed by atoms with Gasteiger partial charge in [0.15, 0.2) is 15.0 Å². The molecule has 1 aliphatic rings. The third kappa shape index (κ3) is 7.39. The predicted octanol–water partition coefficient (Wildman–Crippen LogP) is 4.13. The number of nitrogens with zero attached hydrogens (tertiary/aromatic N) is 3. The lowest BCUT2D eigenvalue weighted by Crippen LogP contribution is -2.30. The topological polar surface area (TPSA) is 103 Å². The predicted molar refractivity (Wildman–Crippen MR) is 147 cm³/mol. The SMILES string of the molecule is CCS(=O)(=O)c1ccc(C(CO)NC(=O)c2cnc(N3CCCN(Cc4ccc(C(F)(F)F)cc4)CC3)s2)cc1. The maximum Gasteiger partial charge on any atom is 0.416 e. The number of aromatic nitrogens is 1. The van der Waals surface area contributed by atoms with Crippen LogP contribution in [0.4, 0.5) is 18.3 Å². The van der Waals surface area contributed by atoms with Crippen molar-refractivity contribution in [3.63, 3.8) is 0 Å². The van der Waals surface area contributed by atoms with Crippen molar-refractivity contribution in [3.8, 4) is 0 Å². The van der Waals surface area contributed by atoms with Crippen molar-refractivity contribution < 1.29 is 31.5 Å². The number of amides is 1. The van der Waals surface area contributed by atoms with Crippen molar-refractivity contribution in [1.82, 2.24) is 15.2 Å². The molecular weight excluding hydrogens is 565 g/mol. The lowest BCUT2D eigenvalue weighted by atomic mass is 10.1. The molecule has 1 fully saturated rings. The molecule has 13 heteroatoms. The Kier molecular flexibility index (Phi) is 9.49. The number of halogens is 3. The normalized spacial score (nSPS) is 16.0. The molecule has 0 saturated carbocycles. The number of sulfone groups is 1. The molecule has 1 aromatic heterocycles. The summed E-state index contributed by atoms with van der Waals surface area (Å²) in [5.41, 5.74) is 0.735. The lowest BCUT2D eigenvalue weighted by molar-refractivity contribution is -0.137. The zero-order valence-corrected chi connectivity index (χ0v) is 23.5. The van der Waals surface area contributed by atoms with Gasteiger partial charge in [0.25, 0.3) is 5.91 Å². The van der Waals surface area contributed by atoms with E-state index in [1.807, 2.05) is 0 Å². The fourth-order valence-electron chi connectivity index (χ4n) is 4.43. The van der Waals surface area contributed by atoms with E-state index in [9.17, 15) is 31.5 Å². The van der Waals surface area contributed by atoms with Crippen molar-refractivity contribution in [3.05, 3.63) is 76.3 Å². The van der Waals surface area contributed by atoms with Gasteiger partial charge in [0.2, 0.25) is 0 Å². The number of hydrogen-bond donors (Lipinski definition) is 2. The van der Waals surface area contributed by atoms with Crippen LogP contribution in [0.5, 0.6) is 0 Å². The number of benzene rings is 2. The minimum absolute atomic E-state index is 0.0194. The van der Waals surface area contributed by atoms with E-state index in [1.54, 1.807) is 19.1 Å². The van der Waals surface area contributed by atoms with Crippen molar-refractivity contribution in [1.29, 1.82) is 0 Å². The Labute approximate surface area is 235 Å². The summed E-state index contributed by atoms with van der Waals surface area (Å²) in [6.07, 6.45) is -2.03. The number of alkyl halides is 3. The highest BCUT2D eigenvalue weighted by Crippen LogP contribution is 2.29. The first-order valence-corrected chi connectivity index (χ1v) is 15.3. The van der Waals surface area contributed by atoms with Gasteiger partial charge in [0.1, 0.15) is 4.88 Å². The van der Waals surface area contributed by atoms with Crippen LogP contribution in [0.1, 0.15) is 45.7 Å². The number of aliphatic hydroxyl groups excluding tert-OH is 1. The van der Waals surface area contributed by atoms with Crippen molar-refractivity contribution in [2.24, 2.45) is 0 Å². The van der Waals surface area contributed by atoms with Crippen molar-refractivity contribution >= 4 is 32.2 Å². The number of hydrogen-bond acceptors (Lipinski definition) is 8. The average Bonchev–Trinajstić information content (AvgIpc) is 3.32. The van der Waals surface area contributed by atoms with Gasteiger partial charge in [-0.25, -0.2) is 13.4 Å². The second-order valence-corrected chi connectivity index (χ2v) is 12.8. The zero-order chi connectivity index (χ0) is 28.9. The zero-order valence-electron chi connectivity index (χ0n) is 21.9. The second-order valence-electron chi connectivity index (χ2n) is 9.50. The Morgan fingerprint density at radius 1 is 1.07 bits per heavy atom. The van der Waals surface area contributed by atoms with E-state index < -0.39 is 33.5 Å². The van der Waals surface area contributed by atoms with Gasteiger partial charge in [0.05, 0.1) is 35.1 Å². The maximum atomic E-state index is 12.9. The average molecular weight is 597 g/mol. The molecule has 2 aromatic carbocycles. The third-order valence-electron chi connectivity index (χ3n) is 6.77. The molecule has 4 rings (SSSR count). The van der Waals surface area contributed by atoms with Gasteiger partial charge in [-0.3, -0.25) is 9.69 Å². The molecule has 0 aliphatic carbocycles. The van der Waals surface area contributed by atoms with Crippen LogP contribution in [0.2, 0.25) is 0 Å². The van der Waals surface area contributed by atoms with Gasteiger partial charge in [-0.1, -0.05) is 42.5 Å². The molecule has 1 saturated heterocycles. The van der Waals surface area contributed by atoms with E-state index in [-0.39, 0.29) is 17.3 Å². The van der Waals surface area contributed by atoms with E-state index >= 15 is 0 Å². The van der Waals surface area contributed by atoms with Gasteiger partial charge >= 0.3 is 6.18 Å². The van der Waals surface area contributed by atoms with Gasteiger partial charge in [-0.2, -0.15) is 13.2 Å². The van der Waals surface area contributed by atoms with Crippen LogP contribution in [0.15, 0.2) is 59.6 Å². The quantitative estimate of drug-likeness (QED) is 0.383. The van der Waals surface area contributed by atoms with Crippen LogP contribution >= 0.6 is 11.3 Å². The highest BCUT2D eigenvalue weighted by atomic mass is 32.2. The molecule has 8 nitrogen and oxygen atoms in total. The highest BCUT2D eigenvalue weighted by molar-refractivity contribution is 7.91. The Bertz CT molecular complexity index is 1390. The van der Waals surface area contributed by atoms with Gasteiger partial charge in [-0.05, 0) is 41.8 Å². The molecule has 0 radical (unpaired) electrons. The molecule has 40 heavy (non-hydrogen) atoms. The summed E-state index contributed by atoms with van der Waals surface area (Å²) in [7, 11) is -3.35. The molecule has 216 valence electrons. The first-order valence-electron chi connectivity index (χ1n) is 12.8. The summed E-state index contributed by atoms with van der Waals surface area (Å²) >= 11 is 1.24. The Morgan fingerprint density at radius 3 is 2.40 bits per heavy atom. The standard InChI is InChI=1S/C27H31F3N4O4S2/c1-2-40(37,38)22-10-6-20(7-11-22)23(18-35)32-25(36)24-16-31-26(39-24)34-13-3-12-33(14-15-34)17-19-4-8-21(9-5-19)27(28,29)30/h4-11,16,23,35H,2-3,12-15,17-18H2,1H3,(H,32,36). The fourth-order valence-corrected chi connectivity index (χ4v) is 6.19. The summed E-state index contributed by atoms with van der Waals surface area (Å²) in [6.45, 7) is 4.61. The largest absolute Gasteiger partial charge is 0.416 e. The second kappa shape index (κ2) is 12.7. The van der Waals surface area contributed by atoms with Crippen LogP contribution in [-0.2, 0) is 22.6 Å². The van der Waals surface area contributed by atoms with Crippen LogP contribution in [0.3, 0.4) is 0 Å². The van der Waals surface area contributed by atoms with Gasteiger partial charge in [0, 0.05) is 32.7 Å². The highest BCUT2D eigenvalue weighted by Gasteiger charge is 2.30. The fraction of sp³-hybridized carbons (Fsp3) is 0.407. The molecule has 1 unspecified atom stereocenters. The number of nitrogens with one attached hydrogen (secondary N) is 1. The van der Waals surface area contributed by atoms with E-state index in [1.165, 1.54) is 41.8 Å². The molecule has 0 spiro atoms. The molecule has 2 N–H and O–H groups in total. The maximum absolute atomic E-state index is 12.9. The summed E-state index contributed by atoms with van der Waals surface area (Å²) in [5.74, 6) is -0.416. The monoisotopic (exact) mass is 596 g/mol. The van der Waals surface area contributed by atoms with E-state index in [0.717, 1.165) is 37.2 Å². The van der Waals surface area contributed by atoms with Crippen LogP contribution in [0, 0.1) is 0 Å². The number of thiazole rings is 1. The molecule has 1 aliphatic heterocycles. The third-order valence-corrected chi connectivity index (χ3v) is 9.58. The van der Waals surface area contributed by atoms with E-state index in [0.29, 0.717) is 35.2 Å². The van der Waals surface area contributed by atoms with Crippen LogP contribution in [-0.4, -0.2) is 67.9 Å². The molecule has 1 amide bonds. The summed E-state index contributed by atoms with van der Waals surface area (Å²) in [6, 6.07) is 10.6. The number of carbonyl (C=O) groups excluding carboxylic acids is 1. The van der Waals surface area contributed by atoms with Crippen LogP contribution in [0.25, 0.3) is 0 Å². The summed E-state index contributed by atoms with van der Waals surface area (Å²) in [4.78, 5) is 22.2. The molecule has 3 aromatic rings. The lowest BCUT2D eigenvalue weighted by Gasteiger charge is -2.21. The van der Waals surface area contributed by atoms with E-state index in [4.69, 9.17) is 0 Å². The van der Waals surface area contributed by atoms with Gasteiger partial charge < -0.3 is 15.3 Å². The van der Waals surface area contributed by atoms with Crippen molar-refractivity contribution in [2.45, 2.75) is 37.0 Å². The minimum atomic E-state index is -4.35. The number of rotatable bonds is 9. The minimum Gasteiger partial charge on any atom is -0.394 e. The molecular formula is C27H31F3N4O4S2. The number of anilines is 1. The summed E-state index contributed by atoms with van der Waals surface area (Å²) in [5, 5.41) is 13.3. The Balaban J connectivity index is 1.34. The first-order chi connectivity index (χ1) is 19.0. The molecule has 2 heterocycles.